The second-order valence-electron chi connectivity index (χ2n) is 6.40. The fourth-order valence-corrected chi connectivity index (χ4v) is 2.84. The minimum atomic E-state index is -5.16. The molecule has 3 N–H and O–H groups in total. The summed E-state index contributed by atoms with van der Waals surface area (Å²) in [5, 5.41) is 7.16. The second-order valence-corrected chi connectivity index (χ2v) is 7.96. The number of benzene rings is 2. The number of esters is 1. The molecule has 0 spiro atoms. The van der Waals surface area contributed by atoms with Gasteiger partial charge in [-0.15, -0.1) is 0 Å². The molecule has 2 aromatic rings. The van der Waals surface area contributed by atoms with Gasteiger partial charge in [-0.2, -0.15) is 26.3 Å². The normalized spacial score (nSPS) is 13.4. The molecule has 0 saturated heterocycles. The third-order valence-electron chi connectivity index (χ3n) is 3.93. The summed E-state index contributed by atoms with van der Waals surface area (Å²) in [6.45, 7) is 1.03. The van der Waals surface area contributed by atoms with Crippen molar-refractivity contribution in [2.75, 3.05) is 5.32 Å². The van der Waals surface area contributed by atoms with Crippen LogP contribution in [0.25, 0.3) is 0 Å². The van der Waals surface area contributed by atoms with E-state index in [2.05, 4.69) is 10.1 Å². The molecule has 0 saturated carbocycles. The lowest BCUT2D eigenvalue weighted by Crippen LogP contribution is -2.30. The van der Waals surface area contributed by atoms with Crippen molar-refractivity contribution in [3.8, 4) is 0 Å². The van der Waals surface area contributed by atoms with Gasteiger partial charge in [0.25, 0.3) is 5.91 Å². The van der Waals surface area contributed by atoms with Crippen LogP contribution in [0, 0.1) is 0 Å². The van der Waals surface area contributed by atoms with Gasteiger partial charge in [0.05, 0.1) is 21.6 Å². The molecule has 0 radical (unpaired) electrons. The van der Waals surface area contributed by atoms with E-state index >= 15 is 0 Å². The van der Waals surface area contributed by atoms with E-state index in [9.17, 15) is 44.3 Å². The predicted octanol–water partition coefficient (Wildman–Crippen LogP) is 3.56. The molecule has 0 aromatic heterocycles. The van der Waals surface area contributed by atoms with Crippen LogP contribution in [0.2, 0.25) is 0 Å². The molecule has 174 valence electrons. The first-order valence-electron chi connectivity index (χ1n) is 8.42. The fourth-order valence-electron chi connectivity index (χ4n) is 2.33. The Morgan fingerprint density at radius 3 is 1.81 bits per heavy atom. The van der Waals surface area contributed by atoms with E-state index in [-0.39, 0.29) is 28.8 Å². The van der Waals surface area contributed by atoms with E-state index in [1.54, 1.807) is 0 Å². The zero-order valence-electron chi connectivity index (χ0n) is 15.9. The van der Waals surface area contributed by atoms with Crippen molar-refractivity contribution in [1.29, 1.82) is 0 Å². The maximum atomic E-state index is 12.9. The molecule has 2 aromatic carbocycles. The average molecular weight is 484 g/mol. The maximum absolute atomic E-state index is 12.9. The predicted molar refractivity (Wildman–Crippen MR) is 97.8 cm³/mol. The number of carbonyl (C=O) groups excluding carboxylic acids is 2. The van der Waals surface area contributed by atoms with E-state index in [0.29, 0.717) is 0 Å². The van der Waals surface area contributed by atoms with Gasteiger partial charge in [0.1, 0.15) is 0 Å². The zero-order valence-corrected chi connectivity index (χ0v) is 16.7. The molecule has 0 aliphatic heterocycles. The Morgan fingerprint density at radius 2 is 1.41 bits per heavy atom. The number of nitrogens with two attached hydrogens (primary N) is 1. The number of carbonyl (C=O) groups is 2. The van der Waals surface area contributed by atoms with Gasteiger partial charge >= 0.3 is 18.3 Å². The molecule has 0 aliphatic carbocycles. The van der Waals surface area contributed by atoms with E-state index in [0.717, 1.165) is 31.2 Å². The first-order chi connectivity index (χ1) is 14.5. The molecule has 1 atom stereocenters. The number of nitrogens with one attached hydrogen (secondary N) is 1. The lowest BCUT2D eigenvalue weighted by Gasteiger charge is -2.16. The number of ether oxygens (including phenoxy) is 1. The molecular weight excluding hydrogens is 470 g/mol. The Bertz CT molecular complexity index is 1100. The highest BCUT2D eigenvalue weighted by molar-refractivity contribution is 7.89. The Morgan fingerprint density at radius 1 is 0.938 bits per heavy atom. The number of primary sulfonamides is 1. The number of halogens is 6. The van der Waals surface area contributed by atoms with E-state index in [1.165, 1.54) is 0 Å². The lowest BCUT2D eigenvalue weighted by molar-refractivity contribution is -0.143. The Labute approximate surface area is 177 Å². The van der Waals surface area contributed by atoms with Crippen LogP contribution in [-0.4, -0.2) is 26.4 Å². The van der Waals surface area contributed by atoms with Crippen LogP contribution in [-0.2, 0) is 31.9 Å². The highest BCUT2D eigenvalue weighted by Crippen LogP contribution is 2.36. The number of hydrogen-bond donors (Lipinski definition) is 2. The van der Waals surface area contributed by atoms with Crippen LogP contribution in [0.15, 0.2) is 47.4 Å². The second kappa shape index (κ2) is 8.78. The average Bonchev–Trinajstić information content (AvgIpc) is 2.65. The Hall–Kier alpha value is -3.13. The van der Waals surface area contributed by atoms with Crippen LogP contribution in [0.3, 0.4) is 0 Å². The summed E-state index contributed by atoms with van der Waals surface area (Å²) in [6, 6.07) is 4.66. The van der Waals surface area contributed by atoms with Gasteiger partial charge in [0.15, 0.2) is 6.10 Å². The SMILES string of the molecule is CC(OC(=O)c1cc(C(F)(F)F)cc(C(F)(F)F)c1)C(=O)Nc1ccc(S(N)(=O)=O)cc1. The summed E-state index contributed by atoms with van der Waals surface area (Å²) in [5.74, 6) is -2.57. The van der Waals surface area contributed by atoms with Crippen LogP contribution < -0.4 is 10.5 Å². The van der Waals surface area contributed by atoms with Crippen molar-refractivity contribution < 1.29 is 49.1 Å². The van der Waals surface area contributed by atoms with Gasteiger partial charge in [0, 0.05) is 5.69 Å². The van der Waals surface area contributed by atoms with Gasteiger partial charge in [-0.25, -0.2) is 18.4 Å². The van der Waals surface area contributed by atoms with Gasteiger partial charge in [-0.05, 0) is 49.4 Å². The molecule has 0 bridgehead atoms. The van der Waals surface area contributed by atoms with Crippen LogP contribution >= 0.6 is 0 Å². The highest BCUT2D eigenvalue weighted by atomic mass is 32.2. The molecule has 32 heavy (non-hydrogen) atoms. The van der Waals surface area contributed by atoms with Gasteiger partial charge < -0.3 is 10.1 Å². The summed E-state index contributed by atoms with van der Waals surface area (Å²) in [4.78, 5) is 24.0. The molecule has 0 fully saturated rings. The fraction of sp³-hybridized carbons (Fsp3) is 0.222. The third kappa shape index (κ3) is 6.43. The van der Waals surface area contributed by atoms with E-state index in [1.807, 2.05) is 0 Å². The highest BCUT2D eigenvalue weighted by Gasteiger charge is 2.38. The summed E-state index contributed by atoms with van der Waals surface area (Å²) < 4.78 is 105. The van der Waals surface area contributed by atoms with Gasteiger partial charge in [-0.3, -0.25) is 4.79 Å². The summed E-state index contributed by atoms with van der Waals surface area (Å²) in [5.41, 5.74) is -4.43. The number of alkyl halides is 6. The van der Waals surface area contributed by atoms with Crippen LogP contribution in [0.5, 0.6) is 0 Å². The molecular formula is C18H14F6N2O5S. The lowest BCUT2D eigenvalue weighted by atomic mass is 10.0. The van der Waals surface area contributed by atoms with Crippen molar-refractivity contribution in [1.82, 2.24) is 0 Å². The van der Waals surface area contributed by atoms with Crippen molar-refractivity contribution >= 4 is 27.6 Å². The Kier molecular flexibility index (Phi) is 6.90. The molecule has 2 rings (SSSR count). The monoisotopic (exact) mass is 484 g/mol. The minimum Gasteiger partial charge on any atom is -0.449 e. The van der Waals surface area contributed by atoms with Crippen molar-refractivity contribution in [3.05, 3.63) is 59.2 Å². The number of hydrogen-bond acceptors (Lipinski definition) is 5. The minimum absolute atomic E-state index is 0.0590. The van der Waals surface area contributed by atoms with Crippen LogP contribution in [0.1, 0.15) is 28.4 Å². The van der Waals surface area contributed by atoms with Crippen molar-refractivity contribution in [2.24, 2.45) is 5.14 Å². The number of amides is 1. The molecule has 0 aliphatic rings. The topological polar surface area (TPSA) is 116 Å². The molecule has 1 amide bonds. The first kappa shape index (κ1) is 25.1. The number of rotatable bonds is 5. The van der Waals surface area contributed by atoms with Crippen molar-refractivity contribution in [2.45, 2.75) is 30.3 Å². The van der Waals surface area contributed by atoms with Gasteiger partial charge in [0.2, 0.25) is 10.0 Å². The third-order valence-corrected chi connectivity index (χ3v) is 4.86. The Balaban J connectivity index is 2.18. The standard InChI is InChI=1S/C18H14F6N2O5S/c1-9(15(27)26-13-2-4-14(5-3-13)32(25,29)30)31-16(28)10-6-11(17(19,20)21)8-12(7-10)18(22,23)24/h2-9H,1H3,(H,26,27)(H2,25,29,30). The molecule has 1 unspecified atom stereocenters. The molecule has 0 heterocycles. The number of anilines is 1. The quantitative estimate of drug-likeness (QED) is 0.498. The zero-order chi connectivity index (χ0) is 24.5. The molecule has 7 nitrogen and oxygen atoms in total. The van der Waals surface area contributed by atoms with Gasteiger partial charge in [-0.1, -0.05) is 0 Å². The van der Waals surface area contributed by atoms with Crippen molar-refractivity contribution in [3.63, 3.8) is 0 Å². The van der Waals surface area contributed by atoms with E-state index in [4.69, 9.17) is 5.14 Å². The maximum Gasteiger partial charge on any atom is 0.416 e. The van der Waals surface area contributed by atoms with Crippen LogP contribution in [0.4, 0.5) is 32.0 Å². The van der Waals surface area contributed by atoms with E-state index < -0.39 is 57.0 Å². The summed E-state index contributed by atoms with van der Waals surface area (Å²) in [7, 11) is -3.98. The summed E-state index contributed by atoms with van der Waals surface area (Å²) in [6.07, 6.45) is -11.9. The number of sulfonamides is 1. The smallest absolute Gasteiger partial charge is 0.416 e. The summed E-state index contributed by atoms with van der Waals surface area (Å²) >= 11 is 0. The molecule has 14 heteroatoms. The first-order valence-corrected chi connectivity index (χ1v) is 9.97. The largest absolute Gasteiger partial charge is 0.449 e.